The highest BCUT2D eigenvalue weighted by Crippen LogP contribution is 2.23. The van der Waals surface area contributed by atoms with Crippen LogP contribution in [0.5, 0.6) is 0 Å². The summed E-state index contributed by atoms with van der Waals surface area (Å²) in [5.41, 5.74) is 0. The van der Waals surface area contributed by atoms with E-state index in [0.29, 0.717) is 0 Å². The van der Waals surface area contributed by atoms with Crippen LogP contribution < -0.4 is 0 Å². The number of unbranched alkanes of at least 4 members (excludes halogenated alkanes) is 6. The Kier molecular flexibility index (Phi) is 9.09. The molecule has 0 amide bonds. The van der Waals surface area contributed by atoms with Gasteiger partial charge in [-0.3, -0.25) is 0 Å². The molecule has 0 saturated heterocycles. The van der Waals surface area contributed by atoms with Crippen molar-refractivity contribution in [1.82, 2.24) is 0 Å². The fraction of sp³-hybridized carbons (Fsp3) is 0.706. The molecule has 0 nitrogen and oxygen atoms in total. The van der Waals surface area contributed by atoms with Gasteiger partial charge >= 0.3 is 0 Å². The second kappa shape index (κ2) is 10.6. The molecule has 0 aromatic carbocycles. The summed E-state index contributed by atoms with van der Waals surface area (Å²) in [7, 11) is 0. The van der Waals surface area contributed by atoms with Crippen molar-refractivity contribution in [3.05, 3.63) is 31.2 Å². The maximum atomic E-state index is 3.85. The summed E-state index contributed by atoms with van der Waals surface area (Å²) >= 11 is 0. The molecule has 0 N–H and O–H groups in total. The van der Waals surface area contributed by atoms with Gasteiger partial charge in [0.25, 0.3) is 0 Å². The predicted octanol–water partition coefficient (Wildman–Crippen LogP) is 5.85. The molecular weight excluding hydrogens is 204 g/mol. The van der Waals surface area contributed by atoms with Gasteiger partial charge in [-0.15, -0.1) is 0 Å². The number of hydrogen-bond acceptors (Lipinski definition) is 0. The summed E-state index contributed by atoms with van der Waals surface area (Å²) in [5, 5.41) is 0. The molecule has 0 bridgehead atoms. The lowest BCUT2D eigenvalue weighted by atomic mass is 10.00. The molecule has 1 unspecified atom stereocenters. The lowest BCUT2D eigenvalue weighted by Crippen LogP contribution is -1.91. The van der Waals surface area contributed by atoms with Crippen molar-refractivity contribution in [2.45, 2.75) is 70.6 Å². The van der Waals surface area contributed by atoms with E-state index in [-0.39, 0.29) is 0 Å². The molecular formula is C17H29. The molecule has 0 aromatic heterocycles. The Balaban J connectivity index is 1.78. The van der Waals surface area contributed by atoms with Crippen LogP contribution in [0.3, 0.4) is 0 Å². The normalized spacial score (nSPS) is 19.5. The molecule has 0 fully saturated rings. The second-order valence-corrected chi connectivity index (χ2v) is 5.22. The van der Waals surface area contributed by atoms with Gasteiger partial charge in [-0.1, -0.05) is 56.9 Å². The second-order valence-electron chi connectivity index (χ2n) is 5.22. The van der Waals surface area contributed by atoms with Crippen molar-refractivity contribution in [3.63, 3.8) is 0 Å². The summed E-state index contributed by atoms with van der Waals surface area (Å²) in [6.45, 7) is 3.85. The van der Waals surface area contributed by atoms with Gasteiger partial charge in [-0.25, -0.2) is 0 Å². The zero-order valence-electron chi connectivity index (χ0n) is 11.4. The summed E-state index contributed by atoms with van der Waals surface area (Å²) in [4.78, 5) is 0. The molecule has 1 aliphatic rings. The molecule has 1 aliphatic carbocycles. The molecule has 0 heteroatoms. The minimum absolute atomic E-state index is 0.914. The Morgan fingerprint density at radius 3 is 2.47 bits per heavy atom. The quantitative estimate of drug-likeness (QED) is 0.328. The monoisotopic (exact) mass is 233 g/mol. The fourth-order valence-electron chi connectivity index (χ4n) is 2.46. The van der Waals surface area contributed by atoms with Gasteiger partial charge in [0.1, 0.15) is 0 Å². The van der Waals surface area contributed by atoms with E-state index in [9.17, 15) is 0 Å². The van der Waals surface area contributed by atoms with Crippen LogP contribution in [-0.4, -0.2) is 0 Å². The van der Waals surface area contributed by atoms with Crippen molar-refractivity contribution < 1.29 is 0 Å². The van der Waals surface area contributed by atoms with Crippen molar-refractivity contribution in [1.29, 1.82) is 0 Å². The van der Waals surface area contributed by atoms with Gasteiger partial charge in [0.05, 0.1) is 0 Å². The average Bonchev–Trinajstić information content (AvgIpc) is 2.85. The topological polar surface area (TPSA) is 0 Å². The Hall–Kier alpha value is -0.520. The molecule has 0 heterocycles. The van der Waals surface area contributed by atoms with Gasteiger partial charge in [-0.05, 0) is 50.9 Å². The van der Waals surface area contributed by atoms with Gasteiger partial charge in [-0.2, -0.15) is 0 Å². The minimum Gasteiger partial charge on any atom is -0.0885 e. The molecule has 1 rings (SSSR count). The number of allylic oxidation sites excluding steroid dienone is 4. The first-order valence-electron chi connectivity index (χ1n) is 7.54. The number of rotatable bonds is 10. The van der Waals surface area contributed by atoms with Crippen LogP contribution in [0.15, 0.2) is 24.3 Å². The molecule has 1 atom stereocenters. The van der Waals surface area contributed by atoms with E-state index >= 15 is 0 Å². The smallest absolute Gasteiger partial charge is 0.0231 e. The van der Waals surface area contributed by atoms with Gasteiger partial charge in [0.15, 0.2) is 0 Å². The van der Waals surface area contributed by atoms with Crippen LogP contribution in [0.1, 0.15) is 70.6 Å². The number of hydrogen-bond donors (Lipinski definition) is 0. The minimum atomic E-state index is 0.914. The maximum absolute atomic E-state index is 3.85. The van der Waals surface area contributed by atoms with Crippen molar-refractivity contribution >= 4 is 0 Å². The van der Waals surface area contributed by atoms with Crippen LogP contribution >= 0.6 is 0 Å². The lowest BCUT2D eigenvalue weighted by molar-refractivity contribution is 0.519. The molecule has 97 valence electrons. The summed E-state index contributed by atoms with van der Waals surface area (Å²) in [6.07, 6.45) is 24.1. The maximum Gasteiger partial charge on any atom is -0.0231 e. The molecule has 0 saturated carbocycles. The van der Waals surface area contributed by atoms with Crippen LogP contribution in [0.25, 0.3) is 0 Å². The zero-order valence-corrected chi connectivity index (χ0v) is 11.4. The van der Waals surface area contributed by atoms with E-state index in [1.54, 1.807) is 0 Å². The van der Waals surface area contributed by atoms with Gasteiger partial charge < -0.3 is 0 Å². The average molecular weight is 233 g/mol. The summed E-state index contributed by atoms with van der Waals surface area (Å²) < 4.78 is 0. The molecule has 0 aromatic rings. The van der Waals surface area contributed by atoms with Crippen LogP contribution in [0.4, 0.5) is 0 Å². The SMILES string of the molecule is [CH2]CCCC=CCCCCCCC1C=CCC1. The van der Waals surface area contributed by atoms with Crippen LogP contribution in [-0.2, 0) is 0 Å². The Morgan fingerprint density at radius 1 is 1.00 bits per heavy atom. The van der Waals surface area contributed by atoms with Crippen molar-refractivity contribution in [2.24, 2.45) is 5.92 Å². The summed E-state index contributed by atoms with van der Waals surface area (Å²) in [6, 6.07) is 0. The first-order chi connectivity index (χ1) is 8.43. The predicted molar refractivity (Wildman–Crippen MR) is 77.9 cm³/mol. The lowest BCUT2D eigenvalue weighted by Gasteiger charge is -2.06. The highest BCUT2D eigenvalue weighted by molar-refractivity contribution is 4.95. The molecule has 17 heavy (non-hydrogen) atoms. The van der Waals surface area contributed by atoms with E-state index in [1.807, 2.05) is 0 Å². The highest BCUT2D eigenvalue weighted by Gasteiger charge is 2.07. The van der Waals surface area contributed by atoms with E-state index in [4.69, 9.17) is 0 Å². The van der Waals surface area contributed by atoms with Gasteiger partial charge in [0.2, 0.25) is 0 Å². The first kappa shape index (κ1) is 14.5. The van der Waals surface area contributed by atoms with Crippen molar-refractivity contribution in [3.8, 4) is 0 Å². The molecule has 0 aliphatic heterocycles. The molecule has 0 spiro atoms. The largest absolute Gasteiger partial charge is 0.0885 e. The first-order valence-corrected chi connectivity index (χ1v) is 7.54. The van der Waals surface area contributed by atoms with E-state index in [1.165, 1.54) is 64.2 Å². The van der Waals surface area contributed by atoms with Crippen LogP contribution in [0, 0.1) is 12.8 Å². The van der Waals surface area contributed by atoms with Gasteiger partial charge in [0, 0.05) is 0 Å². The highest BCUT2D eigenvalue weighted by atomic mass is 14.1. The van der Waals surface area contributed by atoms with Crippen molar-refractivity contribution in [2.75, 3.05) is 0 Å². The summed E-state index contributed by atoms with van der Waals surface area (Å²) in [5.74, 6) is 0.914. The molecule has 1 radical (unpaired) electrons. The zero-order chi connectivity index (χ0) is 12.2. The van der Waals surface area contributed by atoms with E-state index in [2.05, 4.69) is 31.2 Å². The Bertz CT molecular complexity index is 212. The fourth-order valence-corrected chi connectivity index (χ4v) is 2.46. The Morgan fingerprint density at radius 2 is 1.76 bits per heavy atom. The third-order valence-corrected chi connectivity index (χ3v) is 3.60. The van der Waals surface area contributed by atoms with Crippen LogP contribution in [0.2, 0.25) is 0 Å². The third-order valence-electron chi connectivity index (χ3n) is 3.60. The standard InChI is InChI=1S/C17H29/c1-2-3-4-5-6-7-8-9-10-11-14-17-15-12-13-16-17/h5-6,12,15,17H,1-4,7-11,13-14,16H2. The van der Waals surface area contributed by atoms with E-state index < -0.39 is 0 Å². The van der Waals surface area contributed by atoms with E-state index in [0.717, 1.165) is 12.3 Å². The third kappa shape index (κ3) is 8.24. The Labute approximate surface area is 108 Å².